The quantitative estimate of drug-likeness (QED) is 0.515. The summed E-state index contributed by atoms with van der Waals surface area (Å²) in [6.07, 6.45) is 1.97. The van der Waals surface area contributed by atoms with Gasteiger partial charge in [0.25, 0.3) is 16.1 Å². The molecule has 0 bridgehead atoms. The molecule has 35 heavy (non-hydrogen) atoms. The molecule has 3 aromatic rings. The zero-order chi connectivity index (χ0) is 24.7. The van der Waals surface area contributed by atoms with Crippen LogP contribution in [-0.4, -0.2) is 48.9 Å². The van der Waals surface area contributed by atoms with Crippen molar-refractivity contribution in [2.45, 2.75) is 13.0 Å². The highest BCUT2D eigenvalue weighted by Crippen LogP contribution is 2.37. The molecular formula is C22H20Cl2N6O4S. The predicted molar refractivity (Wildman–Crippen MR) is 133 cm³/mol. The van der Waals surface area contributed by atoms with Gasteiger partial charge in [0, 0.05) is 32.0 Å². The van der Waals surface area contributed by atoms with Crippen LogP contribution >= 0.6 is 23.2 Å². The summed E-state index contributed by atoms with van der Waals surface area (Å²) in [6.45, 7) is 0.587. The van der Waals surface area contributed by atoms with Crippen molar-refractivity contribution in [2.75, 3.05) is 30.5 Å². The van der Waals surface area contributed by atoms with Crippen molar-refractivity contribution in [3.8, 4) is 5.88 Å². The Morgan fingerprint density at radius 2 is 1.89 bits per heavy atom. The zero-order valence-corrected chi connectivity index (χ0v) is 20.8. The predicted octanol–water partition coefficient (Wildman–Crippen LogP) is 3.35. The summed E-state index contributed by atoms with van der Waals surface area (Å²) in [4.78, 5) is 23.0. The van der Waals surface area contributed by atoms with Crippen molar-refractivity contribution in [1.82, 2.24) is 19.0 Å². The Morgan fingerprint density at radius 1 is 1.11 bits per heavy atom. The molecule has 0 saturated heterocycles. The first-order valence-electron chi connectivity index (χ1n) is 10.6. The number of benzene rings is 2. The van der Waals surface area contributed by atoms with Crippen molar-refractivity contribution in [3.63, 3.8) is 0 Å². The normalized spacial score (nSPS) is 15.9. The number of para-hydroxylation sites is 1. The highest BCUT2D eigenvalue weighted by atomic mass is 35.5. The van der Waals surface area contributed by atoms with E-state index in [9.17, 15) is 13.2 Å². The van der Waals surface area contributed by atoms with Gasteiger partial charge in [0.2, 0.25) is 11.8 Å². The highest BCUT2D eigenvalue weighted by molar-refractivity contribution is 7.87. The van der Waals surface area contributed by atoms with Crippen LogP contribution in [0.15, 0.2) is 42.6 Å². The topological polar surface area (TPSA) is 117 Å². The Kier molecular flexibility index (Phi) is 6.28. The number of fused-ring (bicyclic) bond motifs is 2. The number of nitrogens with zero attached hydrogens (tertiary/aromatic N) is 4. The molecule has 5 rings (SSSR count). The standard InChI is InChI=1S/C22H20Cl2N6O4S/c1-25-35(32,33)29-8-7-13-9-15(6-5-14(13)11-29)27-22-26-10-16-20(28-22)34-12-30(21(16)31)19-17(23)3-2-4-18(19)24/h2-6,9-10,25H,7-8,11-12H2,1H3,(H,26,27,28). The number of carbonyl (C=O) groups is 1. The van der Waals surface area contributed by atoms with Crippen LogP contribution in [0.3, 0.4) is 0 Å². The van der Waals surface area contributed by atoms with Crippen molar-refractivity contribution in [1.29, 1.82) is 0 Å². The zero-order valence-electron chi connectivity index (χ0n) is 18.5. The number of anilines is 3. The third-order valence-corrected chi connectivity index (χ3v) is 7.92. The molecule has 0 radical (unpaired) electrons. The van der Waals surface area contributed by atoms with E-state index in [0.717, 1.165) is 16.8 Å². The lowest BCUT2D eigenvalue weighted by Crippen LogP contribution is -2.41. The number of nitrogens with one attached hydrogen (secondary N) is 2. The summed E-state index contributed by atoms with van der Waals surface area (Å²) >= 11 is 12.5. The molecule has 3 heterocycles. The number of halogens is 2. The summed E-state index contributed by atoms with van der Waals surface area (Å²) in [5.74, 6) is 0.0383. The molecule has 0 unspecified atom stereocenters. The van der Waals surface area contributed by atoms with Gasteiger partial charge >= 0.3 is 0 Å². The number of rotatable bonds is 5. The SMILES string of the molecule is CNS(=O)(=O)N1CCc2cc(Nc3ncc4c(n3)OCN(c3c(Cl)cccc3Cl)C4=O)ccc2C1. The molecule has 182 valence electrons. The third kappa shape index (κ3) is 4.53. The summed E-state index contributed by atoms with van der Waals surface area (Å²) in [5.41, 5.74) is 3.26. The Labute approximate surface area is 212 Å². The minimum absolute atomic E-state index is 0.101. The fourth-order valence-electron chi connectivity index (χ4n) is 3.99. The van der Waals surface area contributed by atoms with Gasteiger partial charge in [-0.3, -0.25) is 9.69 Å². The first-order chi connectivity index (χ1) is 16.8. The minimum atomic E-state index is -3.47. The molecule has 1 aromatic heterocycles. The van der Waals surface area contributed by atoms with E-state index >= 15 is 0 Å². The second-order valence-corrected chi connectivity index (χ2v) is 10.6. The molecule has 10 nitrogen and oxygen atoms in total. The van der Waals surface area contributed by atoms with Gasteiger partial charge in [-0.05, 0) is 41.8 Å². The lowest BCUT2D eigenvalue weighted by atomic mass is 10.0. The molecule has 0 fully saturated rings. The van der Waals surface area contributed by atoms with Crippen LogP contribution in [0.25, 0.3) is 0 Å². The Balaban J connectivity index is 1.34. The number of hydrogen-bond donors (Lipinski definition) is 2. The fourth-order valence-corrected chi connectivity index (χ4v) is 5.49. The molecule has 2 aromatic carbocycles. The van der Waals surface area contributed by atoms with E-state index in [1.807, 2.05) is 18.2 Å². The van der Waals surface area contributed by atoms with E-state index in [1.54, 1.807) is 18.2 Å². The van der Waals surface area contributed by atoms with Crippen LogP contribution in [0.2, 0.25) is 10.0 Å². The second-order valence-electron chi connectivity index (χ2n) is 7.89. The van der Waals surface area contributed by atoms with Gasteiger partial charge in [0.15, 0.2) is 6.73 Å². The fraction of sp³-hybridized carbons (Fsp3) is 0.227. The van der Waals surface area contributed by atoms with Crippen LogP contribution in [0.5, 0.6) is 5.88 Å². The van der Waals surface area contributed by atoms with Crippen molar-refractivity contribution >= 4 is 56.6 Å². The number of aromatic nitrogens is 2. The van der Waals surface area contributed by atoms with Gasteiger partial charge in [-0.25, -0.2) is 9.71 Å². The smallest absolute Gasteiger partial charge is 0.279 e. The molecule has 2 aliphatic heterocycles. The Morgan fingerprint density at radius 3 is 2.63 bits per heavy atom. The molecule has 0 atom stereocenters. The number of hydrogen-bond acceptors (Lipinski definition) is 7. The van der Waals surface area contributed by atoms with Crippen molar-refractivity contribution < 1.29 is 17.9 Å². The van der Waals surface area contributed by atoms with Gasteiger partial charge in [-0.2, -0.15) is 17.7 Å². The van der Waals surface area contributed by atoms with E-state index in [4.69, 9.17) is 27.9 Å². The summed E-state index contributed by atoms with van der Waals surface area (Å²) in [5, 5.41) is 3.78. The summed E-state index contributed by atoms with van der Waals surface area (Å²) in [6, 6.07) is 10.6. The van der Waals surface area contributed by atoms with Crippen LogP contribution in [0.4, 0.5) is 17.3 Å². The maximum Gasteiger partial charge on any atom is 0.279 e. The van der Waals surface area contributed by atoms with Crippen molar-refractivity contribution in [2.24, 2.45) is 0 Å². The Bertz CT molecular complexity index is 1420. The van der Waals surface area contributed by atoms with E-state index in [1.165, 1.54) is 22.4 Å². The Hall–Kier alpha value is -2.96. The maximum absolute atomic E-state index is 13.0. The van der Waals surface area contributed by atoms with E-state index in [0.29, 0.717) is 35.2 Å². The monoisotopic (exact) mass is 534 g/mol. The van der Waals surface area contributed by atoms with Crippen LogP contribution in [0.1, 0.15) is 21.5 Å². The first-order valence-corrected chi connectivity index (χ1v) is 12.8. The van der Waals surface area contributed by atoms with Crippen molar-refractivity contribution in [3.05, 3.63) is 69.3 Å². The lowest BCUT2D eigenvalue weighted by Gasteiger charge is -2.29. The molecular weight excluding hydrogens is 515 g/mol. The van der Waals surface area contributed by atoms with Gasteiger partial charge in [0.1, 0.15) is 5.56 Å². The lowest BCUT2D eigenvalue weighted by molar-refractivity contribution is 0.0932. The molecule has 0 spiro atoms. The van der Waals surface area contributed by atoms with E-state index in [2.05, 4.69) is 20.0 Å². The molecule has 13 heteroatoms. The number of ether oxygens (including phenoxy) is 1. The average Bonchev–Trinajstić information content (AvgIpc) is 2.85. The van der Waals surface area contributed by atoms with E-state index in [-0.39, 0.29) is 30.0 Å². The van der Waals surface area contributed by atoms with Gasteiger partial charge in [-0.1, -0.05) is 35.3 Å². The average molecular weight is 535 g/mol. The maximum atomic E-state index is 13.0. The van der Waals surface area contributed by atoms with Crippen LogP contribution in [-0.2, 0) is 23.2 Å². The second kappa shape index (κ2) is 9.25. The summed E-state index contributed by atoms with van der Waals surface area (Å²) in [7, 11) is -2.07. The largest absolute Gasteiger partial charge is 0.455 e. The third-order valence-electron chi connectivity index (χ3n) is 5.80. The van der Waals surface area contributed by atoms with Gasteiger partial charge < -0.3 is 10.1 Å². The summed E-state index contributed by atoms with van der Waals surface area (Å²) < 4.78 is 33.6. The molecule has 2 aliphatic rings. The van der Waals surface area contributed by atoms with Gasteiger partial charge in [0.05, 0.1) is 15.7 Å². The number of amides is 1. The number of carbonyl (C=O) groups excluding carboxylic acids is 1. The first kappa shape index (κ1) is 23.8. The van der Waals surface area contributed by atoms with Crippen LogP contribution < -0.4 is 19.7 Å². The minimum Gasteiger partial charge on any atom is -0.455 e. The molecule has 0 saturated carbocycles. The highest BCUT2D eigenvalue weighted by Gasteiger charge is 2.31. The molecule has 2 N–H and O–H groups in total. The molecule has 1 amide bonds. The van der Waals surface area contributed by atoms with E-state index < -0.39 is 10.2 Å². The van der Waals surface area contributed by atoms with Crippen LogP contribution in [0, 0.1) is 0 Å². The molecule has 0 aliphatic carbocycles. The van der Waals surface area contributed by atoms with Gasteiger partial charge in [-0.15, -0.1) is 0 Å².